The lowest BCUT2D eigenvalue weighted by molar-refractivity contribution is -0.117. The summed E-state index contributed by atoms with van der Waals surface area (Å²) in [5, 5.41) is 7.80. The van der Waals surface area contributed by atoms with Crippen molar-refractivity contribution in [2.75, 3.05) is 5.32 Å². The summed E-state index contributed by atoms with van der Waals surface area (Å²) in [5.74, 6) is -0.558. The molecule has 0 aliphatic heterocycles. The van der Waals surface area contributed by atoms with Crippen LogP contribution >= 0.6 is 11.3 Å². The molecule has 1 unspecified atom stereocenters. The molecule has 0 saturated carbocycles. The van der Waals surface area contributed by atoms with Crippen molar-refractivity contribution in [2.24, 2.45) is 0 Å². The van der Waals surface area contributed by atoms with E-state index in [1.165, 1.54) is 11.3 Å². The van der Waals surface area contributed by atoms with Gasteiger partial charge >= 0.3 is 0 Å². The lowest BCUT2D eigenvalue weighted by Gasteiger charge is -2.19. The topological polar surface area (TPSA) is 71.1 Å². The number of rotatable bonds is 4. The van der Waals surface area contributed by atoms with Crippen molar-refractivity contribution in [3.05, 3.63) is 46.5 Å². The van der Waals surface area contributed by atoms with Gasteiger partial charge in [-0.25, -0.2) is 4.98 Å². The summed E-state index contributed by atoms with van der Waals surface area (Å²) in [5.41, 5.74) is 2.58. The smallest absolute Gasteiger partial charge is 0.251 e. The van der Waals surface area contributed by atoms with Crippen LogP contribution in [0.4, 0.5) is 5.13 Å². The van der Waals surface area contributed by atoms with Crippen molar-refractivity contribution in [3.63, 3.8) is 0 Å². The van der Waals surface area contributed by atoms with Gasteiger partial charge in [0.2, 0.25) is 5.91 Å². The van der Waals surface area contributed by atoms with Gasteiger partial charge in [-0.3, -0.25) is 9.59 Å². The highest BCUT2D eigenvalue weighted by Gasteiger charge is 2.19. The Bertz CT molecular complexity index is 729. The van der Waals surface area contributed by atoms with Crippen LogP contribution in [0.1, 0.15) is 49.3 Å². The van der Waals surface area contributed by atoms with Crippen LogP contribution in [0, 0.1) is 6.92 Å². The van der Waals surface area contributed by atoms with Gasteiger partial charge in [-0.1, -0.05) is 32.9 Å². The molecule has 5 nitrogen and oxygen atoms in total. The molecule has 1 aromatic heterocycles. The molecule has 0 aliphatic rings. The molecule has 0 bridgehead atoms. The zero-order valence-electron chi connectivity index (χ0n) is 14.6. The fourth-order valence-electron chi connectivity index (χ4n) is 2.09. The Hall–Kier alpha value is -2.21. The SMILES string of the molecule is Cc1csc(NC(=O)C(C)NC(=O)c2ccc(C(C)(C)C)cc2)n1. The molecule has 2 N–H and O–H groups in total. The van der Waals surface area contributed by atoms with Crippen LogP contribution in [0.15, 0.2) is 29.6 Å². The fourth-order valence-corrected chi connectivity index (χ4v) is 2.78. The van der Waals surface area contributed by atoms with Gasteiger partial charge in [-0.2, -0.15) is 0 Å². The van der Waals surface area contributed by atoms with E-state index in [0.29, 0.717) is 10.7 Å². The first kappa shape index (κ1) is 18.1. The maximum Gasteiger partial charge on any atom is 0.251 e. The van der Waals surface area contributed by atoms with Crippen molar-refractivity contribution in [3.8, 4) is 0 Å². The number of aryl methyl sites for hydroxylation is 1. The second-order valence-corrected chi connectivity index (χ2v) is 7.66. The molecule has 1 heterocycles. The largest absolute Gasteiger partial charge is 0.341 e. The number of hydrogen-bond donors (Lipinski definition) is 2. The van der Waals surface area contributed by atoms with Gasteiger partial charge in [0.25, 0.3) is 5.91 Å². The molecular formula is C18H23N3O2S. The second-order valence-electron chi connectivity index (χ2n) is 6.81. The van der Waals surface area contributed by atoms with Gasteiger partial charge in [-0.05, 0) is 37.0 Å². The van der Waals surface area contributed by atoms with Crippen LogP contribution in [0.3, 0.4) is 0 Å². The van der Waals surface area contributed by atoms with E-state index >= 15 is 0 Å². The van der Waals surface area contributed by atoms with E-state index in [2.05, 4.69) is 36.4 Å². The van der Waals surface area contributed by atoms with E-state index in [1.807, 2.05) is 24.4 Å². The Morgan fingerprint density at radius 3 is 2.29 bits per heavy atom. The lowest BCUT2D eigenvalue weighted by atomic mass is 9.86. The third-order valence-electron chi connectivity index (χ3n) is 3.60. The monoisotopic (exact) mass is 345 g/mol. The average molecular weight is 345 g/mol. The highest BCUT2D eigenvalue weighted by atomic mass is 32.1. The second kappa shape index (κ2) is 7.13. The summed E-state index contributed by atoms with van der Waals surface area (Å²) in [6.07, 6.45) is 0. The highest BCUT2D eigenvalue weighted by molar-refractivity contribution is 7.13. The highest BCUT2D eigenvalue weighted by Crippen LogP contribution is 2.22. The third kappa shape index (κ3) is 4.64. The zero-order chi connectivity index (χ0) is 17.9. The maximum absolute atomic E-state index is 12.3. The number of amides is 2. The van der Waals surface area contributed by atoms with Crippen molar-refractivity contribution >= 4 is 28.3 Å². The predicted molar refractivity (Wildman–Crippen MR) is 97.6 cm³/mol. The van der Waals surface area contributed by atoms with Crippen molar-refractivity contribution in [1.29, 1.82) is 0 Å². The summed E-state index contributed by atoms with van der Waals surface area (Å²) in [4.78, 5) is 28.6. The van der Waals surface area contributed by atoms with Crippen LogP contribution in [-0.4, -0.2) is 22.8 Å². The molecule has 1 aromatic carbocycles. The Kier molecular flexibility index (Phi) is 5.39. The molecule has 0 aliphatic carbocycles. The number of aromatic nitrogens is 1. The first-order chi connectivity index (χ1) is 11.2. The number of anilines is 1. The van der Waals surface area contributed by atoms with Crippen LogP contribution in [0.2, 0.25) is 0 Å². The lowest BCUT2D eigenvalue weighted by Crippen LogP contribution is -2.41. The minimum Gasteiger partial charge on any atom is -0.341 e. The van der Waals surface area contributed by atoms with Gasteiger partial charge < -0.3 is 10.6 Å². The van der Waals surface area contributed by atoms with E-state index < -0.39 is 6.04 Å². The number of nitrogens with zero attached hydrogens (tertiary/aromatic N) is 1. The zero-order valence-corrected chi connectivity index (χ0v) is 15.5. The summed E-state index contributed by atoms with van der Waals surface area (Å²) >= 11 is 1.36. The molecule has 2 aromatic rings. The van der Waals surface area contributed by atoms with Crippen molar-refractivity contribution in [1.82, 2.24) is 10.3 Å². The summed E-state index contributed by atoms with van der Waals surface area (Å²) in [7, 11) is 0. The van der Waals surface area contributed by atoms with E-state index in [9.17, 15) is 9.59 Å². The maximum atomic E-state index is 12.3. The van der Waals surface area contributed by atoms with Gasteiger partial charge in [0.05, 0.1) is 5.69 Å². The summed E-state index contributed by atoms with van der Waals surface area (Å²) in [6.45, 7) is 9.87. The molecule has 1 atom stereocenters. The molecule has 24 heavy (non-hydrogen) atoms. The Labute approximate surface area is 146 Å². The first-order valence-corrected chi connectivity index (χ1v) is 8.69. The molecule has 2 amide bonds. The average Bonchev–Trinajstić information content (AvgIpc) is 2.91. The Morgan fingerprint density at radius 1 is 1.17 bits per heavy atom. The van der Waals surface area contributed by atoms with Crippen LogP contribution in [0.5, 0.6) is 0 Å². The van der Waals surface area contributed by atoms with E-state index in [0.717, 1.165) is 11.3 Å². The quantitative estimate of drug-likeness (QED) is 0.891. The Balaban J connectivity index is 1.96. The van der Waals surface area contributed by atoms with Crippen LogP contribution in [-0.2, 0) is 10.2 Å². The molecular weight excluding hydrogens is 322 g/mol. The molecule has 128 valence electrons. The number of carbonyl (C=O) groups excluding carboxylic acids is 2. The number of benzene rings is 1. The molecule has 0 spiro atoms. The predicted octanol–water partition coefficient (Wildman–Crippen LogP) is 3.51. The van der Waals surface area contributed by atoms with Gasteiger partial charge in [-0.15, -0.1) is 11.3 Å². The van der Waals surface area contributed by atoms with E-state index in [4.69, 9.17) is 0 Å². The van der Waals surface area contributed by atoms with E-state index in [1.54, 1.807) is 19.1 Å². The molecule has 0 fully saturated rings. The molecule has 0 radical (unpaired) electrons. The molecule has 0 saturated heterocycles. The standard InChI is InChI=1S/C18H23N3O2S/c1-11-10-24-17(19-11)21-15(22)12(2)20-16(23)13-6-8-14(9-7-13)18(3,4)5/h6-10,12H,1-5H3,(H,20,23)(H,19,21,22). The summed E-state index contributed by atoms with van der Waals surface area (Å²) in [6, 6.07) is 6.80. The third-order valence-corrected chi connectivity index (χ3v) is 4.48. The van der Waals surface area contributed by atoms with Crippen molar-refractivity contribution < 1.29 is 9.59 Å². The van der Waals surface area contributed by atoms with Crippen LogP contribution in [0.25, 0.3) is 0 Å². The van der Waals surface area contributed by atoms with Gasteiger partial charge in [0.15, 0.2) is 5.13 Å². The minimum atomic E-state index is -0.649. The van der Waals surface area contributed by atoms with Gasteiger partial charge in [0.1, 0.15) is 6.04 Å². The number of carbonyl (C=O) groups is 2. The fraction of sp³-hybridized carbons (Fsp3) is 0.389. The number of nitrogens with one attached hydrogen (secondary N) is 2. The minimum absolute atomic E-state index is 0.0357. The number of hydrogen-bond acceptors (Lipinski definition) is 4. The molecule has 6 heteroatoms. The normalized spacial score (nSPS) is 12.5. The molecule has 2 rings (SSSR count). The van der Waals surface area contributed by atoms with Gasteiger partial charge in [0, 0.05) is 10.9 Å². The number of thiazole rings is 1. The summed E-state index contributed by atoms with van der Waals surface area (Å²) < 4.78 is 0. The van der Waals surface area contributed by atoms with Crippen LogP contribution < -0.4 is 10.6 Å². The Morgan fingerprint density at radius 2 is 1.79 bits per heavy atom. The van der Waals surface area contributed by atoms with Crippen molar-refractivity contribution in [2.45, 2.75) is 46.1 Å². The van der Waals surface area contributed by atoms with E-state index in [-0.39, 0.29) is 17.2 Å². The first-order valence-electron chi connectivity index (χ1n) is 7.81.